The molecule has 0 unspecified atom stereocenters. The van der Waals surface area contributed by atoms with Gasteiger partial charge in [-0.25, -0.2) is 0 Å². The highest BCUT2D eigenvalue weighted by molar-refractivity contribution is 9.10. The molecule has 2 rings (SSSR count). The Morgan fingerprint density at radius 1 is 1.16 bits per heavy atom. The van der Waals surface area contributed by atoms with Crippen LogP contribution in [0.4, 0.5) is 5.69 Å². The van der Waals surface area contributed by atoms with Crippen molar-refractivity contribution in [3.8, 4) is 0 Å². The van der Waals surface area contributed by atoms with Crippen LogP contribution in [0.25, 0.3) is 0 Å². The highest BCUT2D eigenvalue weighted by Gasteiger charge is 2.19. The number of carbonyl (C=O) groups excluding carboxylic acids is 2. The summed E-state index contributed by atoms with van der Waals surface area (Å²) in [6, 6.07) is 7.39. The number of amides is 2. The zero-order valence-corrected chi connectivity index (χ0v) is 16.4. The van der Waals surface area contributed by atoms with E-state index in [0.717, 1.165) is 16.9 Å². The van der Waals surface area contributed by atoms with Gasteiger partial charge < -0.3 is 10.6 Å². The van der Waals surface area contributed by atoms with Crippen molar-refractivity contribution in [2.24, 2.45) is 5.92 Å². The summed E-state index contributed by atoms with van der Waals surface area (Å²) < 4.78 is 0.701. The largest absolute Gasteiger partial charge is 0.347 e. The van der Waals surface area contributed by atoms with E-state index in [0.29, 0.717) is 16.7 Å². The van der Waals surface area contributed by atoms with Crippen molar-refractivity contribution in [2.75, 3.05) is 5.32 Å². The zero-order valence-electron chi connectivity index (χ0n) is 14.8. The van der Waals surface area contributed by atoms with Crippen LogP contribution in [-0.4, -0.2) is 22.0 Å². The van der Waals surface area contributed by atoms with E-state index in [-0.39, 0.29) is 23.7 Å². The Labute approximate surface area is 155 Å². The Hall–Kier alpha value is -2.15. The number of H-pyrrole nitrogens is 1. The maximum atomic E-state index is 12.3. The van der Waals surface area contributed by atoms with Gasteiger partial charge in [0.1, 0.15) is 0 Å². The van der Waals surface area contributed by atoms with Crippen LogP contribution in [0.3, 0.4) is 0 Å². The lowest BCUT2D eigenvalue weighted by molar-refractivity contribution is -0.118. The van der Waals surface area contributed by atoms with Gasteiger partial charge >= 0.3 is 0 Å². The molecule has 0 spiro atoms. The highest BCUT2D eigenvalue weighted by Crippen LogP contribution is 2.25. The lowest BCUT2D eigenvalue weighted by Gasteiger charge is -2.09. The van der Waals surface area contributed by atoms with Crippen LogP contribution >= 0.6 is 15.9 Å². The van der Waals surface area contributed by atoms with Crippen molar-refractivity contribution in [1.82, 2.24) is 15.5 Å². The minimum absolute atomic E-state index is 0.0228. The molecule has 1 aromatic heterocycles. The molecule has 134 valence electrons. The van der Waals surface area contributed by atoms with Gasteiger partial charge in [0.15, 0.2) is 5.69 Å². The lowest BCUT2D eigenvalue weighted by atomic mass is 10.1. The van der Waals surface area contributed by atoms with Crippen LogP contribution in [0.15, 0.2) is 28.7 Å². The first-order valence-corrected chi connectivity index (χ1v) is 9.00. The lowest BCUT2D eigenvalue weighted by Crippen LogP contribution is -2.23. The van der Waals surface area contributed by atoms with Crippen LogP contribution in [0.1, 0.15) is 55.4 Å². The molecule has 25 heavy (non-hydrogen) atoms. The van der Waals surface area contributed by atoms with Crippen LogP contribution in [-0.2, 0) is 11.3 Å². The second-order valence-corrected chi connectivity index (χ2v) is 7.27. The first kappa shape index (κ1) is 19.2. The number of hydrogen-bond acceptors (Lipinski definition) is 3. The minimum Gasteiger partial charge on any atom is -0.347 e. The second kappa shape index (κ2) is 8.29. The maximum Gasteiger partial charge on any atom is 0.273 e. The number of anilines is 1. The smallest absolute Gasteiger partial charge is 0.273 e. The number of hydrogen-bond donors (Lipinski definition) is 3. The van der Waals surface area contributed by atoms with E-state index in [1.165, 1.54) is 0 Å². The number of rotatable bonds is 6. The SMILES string of the molecule is CC(C)C(=O)Nc1ccc(CNC(=O)c2n[nH]c(C(C)C)c2Br)cc1. The predicted molar refractivity (Wildman–Crippen MR) is 101 cm³/mol. The van der Waals surface area contributed by atoms with E-state index in [1.54, 1.807) is 0 Å². The first-order chi connectivity index (χ1) is 11.8. The summed E-state index contributed by atoms with van der Waals surface area (Å²) in [4.78, 5) is 23.9. The quantitative estimate of drug-likeness (QED) is 0.681. The molecule has 0 radical (unpaired) electrons. The number of nitrogens with one attached hydrogen (secondary N) is 3. The van der Waals surface area contributed by atoms with Crippen LogP contribution in [0.5, 0.6) is 0 Å². The van der Waals surface area contributed by atoms with Gasteiger partial charge in [-0.3, -0.25) is 14.7 Å². The molecule has 6 nitrogen and oxygen atoms in total. The molecule has 0 atom stereocenters. The third kappa shape index (κ3) is 4.92. The molecule has 0 bridgehead atoms. The van der Waals surface area contributed by atoms with E-state index in [1.807, 2.05) is 52.0 Å². The summed E-state index contributed by atoms with van der Waals surface area (Å²) >= 11 is 3.43. The summed E-state index contributed by atoms with van der Waals surface area (Å²) in [5, 5.41) is 12.7. The van der Waals surface area contributed by atoms with E-state index < -0.39 is 0 Å². The van der Waals surface area contributed by atoms with Gasteiger partial charge in [-0.15, -0.1) is 0 Å². The fourth-order valence-electron chi connectivity index (χ4n) is 2.13. The fraction of sp³-hybridized carbons (Fsp3) is 0.389. The normalized spacial score (nSPS) is 11.0. The topological polar surface area (TPSA) is 86.9 Å². The third-order valence-electron chi connectivity index (χ3n) is 3.72. The Bertz CT molecular complexity index is 751. The third-order valence-corrected chi connectivity index (χ3v) is 4.53. The average molecular weight is 407 g/mol. The van der Waals surface area contributed by atoms with Crippen molar-refractivity contribution in [1.29, 1.82) is 0 Å². The summed E-state index contributed by atoms with van der Waals surface area (Å²) in [5.41, 5.74) is 2.93. The Kier molecular flexibility index (Phi) is 6.36. The second-order valence-electron chi connectivity index (χ2n) is 6.48. The average Bonchev–Trinajstić information content (AvgIpc) is 2.95. The Morgan fingerprint density at radius 3 is 2.32 bits per heavy atom. The summed E-state index contributed by atoms with van der Waals surface area (Å²) in [6.45, 7) is 8.13. The number of aromatic nitrogens is 2. The van der Waals surface area contributed by atoms with Crippen molar-refractivity contribution < 1.29 is 9.59 Å². The first-order valence-electron chi connectivity index (χ1n) is 8.21. The van der Waals surface area contributed by atoms with E-state index in [9.17, 15) is 9.59 Å². The minimum atomic E-state index is -0.243. The molecular formula is C18H23BrN4O2. The van der Waals surface area contributed by atoms with Crippen LogP contribution in [0.2, 0.25) is 0 Å². The molecule has 3 N–H and O–H groups in total. The van der Waals surface area contributed by atoms with Crippen LogP contribution in [0, 0.1) is 5.92 Å². The van der Waals surface area contributed by atoms with Gasteiger partial charge in [-0.05, 0) is 39.5 Å². The molecule has 2 amide bonds. The number of aromatic amines is 1. The van der Waals surface area contributed by atoms with E-state index in [2.05, 4.69) is 36.8 Å². The molecular weight excluding hydrogens is 384 g/mol. The summed E-state index contributed by atoms with van der Waals surface area (Å²) in [7, 11) is 0. The van der Waals surface area contributed by atoms with Gasteiger partial charge in [-0.2, -0.15) is 5.10 Å². The molecule has 1 aromatic carbocycles. The maximum absolute atomic E-state index is 12.3. The monoisotopic (exact) mass is 406 g/mol. The molecule has 2 aromatic rings. The number of carbonyl (C=O) groups is 2. The predicted octanol–water partition coefficient (Wildman–Crippen LogP) is 3.82. The van der Waals surface area contributed by atoms with E-state index >= 15 is 0 Å². The molecule has 1 heterocycles. The molecule has 0 aliphatic heterocycles. The van der Waals surface area contributed by atoms with Gasteiger partial charge in [0.05, 0.1) is 10.2 Å². The van der Waals surface area contributed by atoms with Gasteiger partial charge in [-0.1, -0.05) is 39.8 Å². The Morgan fingerprint density at radius 2 is 1.80 bits per heavy atom. The molecule has 0 aliphatic rings. The van der Waals surface area contributed by atoms with Crippen molar-refractivity contribution >= 4 is 33.4 Å². The van der Waals surface area contributed by atoms with Crippen LogP contribution < -0.4 is 10.6 Å². The Balaban J connectivity index is 1.95. The molecule has 0 fully saturated rings. The van der Waals surface area contributed by atoms with Crippen molar-refractivity contribution in [2.45, 2.75) is 40.2 Å². The summed E-state index contributed by atoms with van der Waals surface area (Å²) in [6.07, 6.45) is 0. The van der Waals surface area contributed by atoms with E-state index in [4.69, 9.17) is 0 Å². The molecule has 0 saturated heterocycles. The highest BCUT2D eigenvalue weighted by atomic mass is 79.9. The molecule has 0 aliphatic carbocycles. The summed E-state index contributed by atoms with van der Waals surface area (Å²) in [5.74, 6) is -0.0865. The number of nitrogens with zero attached hydrogens (tertiary/aromatic N) is 1. The van der Waals surface area contributed by atoms with Crippen molar-refractivity contribution in [3.63, 3.8) is 0 Å². The number of benzene rings is 1. The van der Waals surface area contributed by atoms with Gasteiger partial charge in [0.25, 0.3) is 5.91 Å². The number of halogens is 1. The van der Waals surface area contributed by atoms with Crippen molar-refractivity contribution in [3.05, 3.63) is 45.7 Å². The standard InChI is InChI=1S/C18H23BrN4O2/c1-10(2)15-14(19)16(23-22-15)18(25)20-9-12-5-7-13(8-6-12)21-17(24)11(3)4/h5-8,10-11H,9H2,1-4H3,(H,20,25)(H,21,24)(H,22,23). The molecule has 7 heteroatoms. The fourth-order valence-corrected chi connectivity index (χ4v) is 2.95. The van der Waals surface area contributed by atoms with Gasteiger partial charge in [0, 0.05) is 18.2 Å². The zero-order chi connectivity index (χ0) is 18.6. The van der Waals surface area contributed by atoms with Gasteiger partial charge in [0.2, 0.25) is 5.91 Å². The molecule has 0 saturated carbocycles.